The average Bonchev–Trinajstić information content (AvgIpc) is 2.68. The second-order valence-electron chi connectivity index (χ2n) is 2.99. The first-order valence-electron chi connectivity index (χ1n) is 4.61. The molecule has 0 amide bonds. The fourth-order valence-corrected chi connectivity index (χ4v) is 1.28. The minimum atomic E-state index is 0. The topological polar surface area (TPSA) is 70.5 Å². The van der Waals surface area contributed by atoms with Crippen molar-refractivity contribution in [1.82, 2.24) is 5.16 Å². The summed E-state index contributed by atoms with van der Waals surface area (Å²) in [6.45, 7) is 0.858. The van der Waals surface area contributed by atoms with Gasteiger partial charge >= 0.3 is 0 Å². The van der Waals surface area contributed by atoms with E-state index in [1.807, 2.05) is 6.07 Å². The lowest BCUT2D eigenvalue weighted by molar-refractivity contribution is 0.293. The van der Waals surface area contributed by atoms with Crippen LogP contribution in [-0.2, 0) is 0 Å². The number of nitrogens with zero attached hydrogens (tertiary/aromatic N) is 1. The smallest absolute Gasteiger partial charge is 0.262 e. The number of halogens is 1. The predicted octanol–water partition coefficient (Wildman–Crippen LogP) is 1.60. The molecule has 88 valence electrons. The van der Waals surface area contributed by atoms with Crippen LogP contribution in [0.25, 0.3) is 11.0 Å². The van der Waals surface area contributed by atoms with Crippen molar-refractivity contribution in [3.8, 4) is 11.6 Å². The van der Waals surface area contributed by atoms with Gasteiger partial charge in [0.15, 0.2) is 5.58 Å². The molecule has 2 N–H and O–H groups in total. The molecule has 0 unspecified atom stereocenters. The van der Waals surface area contributed by atoms with Gasteiger partial charge in [-0.15, -0.1) is 12.4 Å². The lowest BCUT2D eigenvalue weighted by atomic mass is 10.2. The van der Waals surface area contributed by atoms with Gasteiger partial charge in [0.25, 0.3) is 5.88 Å². The maximum atomic E-state index is 5.34. The van der Waals surface area contributed by atoms with Crippen molar-refractivity contribution < 1.29 is 14.0 Å². The van der Waals surface area contributed by atoms with Crippen molar-refractivity contribution in [2.45, 2.75) is 0 Å². The first kappa shape index (κ1) is 12.6. The third kappa shape index (κ3) is 2.37. The monoisotopic (exact) mass is 244 g/mol. The zero-order valence-electron chi connectivity index (χ0n) is 8.80. The van der Waals surface area contributed by atoms with Crippen LogP contribution in [0.15, 0.2) is 22.7 Å². The summed E-state index contributed by atoms with van der Waals surface area (Å²) in [5, 5.41) is 4.59. The molecule has 0 fully saturated rings. The number of benzene rings is 1. The Morgan fingerprint density at radius 1 is 1.44 bits per heavy atom. The largest absolute Gasteiger partial charge is 0.497 e. The van der Waals surface area contributed by atoms with Gasteiger partial charge in [0.2, 0.25) is 0 Å². The molecule has 0 bridgehead atoms. The number of hydrogen-bond donors (Lipinski definition) is 1. The van der Waals surface area contributed by atoms with E-state index in [9.17, 15) is 0 Å². The van der Waals surface area contributed by atoms with Crippen LogP contribution in [0, 0.1) is 0 Å². The van der Waals surface area contributed by atoms with Crippen LogP contribution in [0.5, 0.6) is 11.6 Å². The molecular weight excluding hydrogens is 232 g/mol. The van der Waals surface area contributed by atoms with Crippen LogP contribution in [-0.4, -0.2) is 25.4 Å². The molecule has 0 saturated carbocycles. The maximum absolute atomic E-state index is 5.34. The van der Waals surface area contributed by atoms with Crippen molar-refractivity contribution in [3.63, 3.8) is 0 Å². The summed E-state index contributed by atoms with van der Waals surface area (Å²) in [5.74, 6) is 1.19. The summed E-state index contributed by atoms with van der Waals surface area (Å²) < 4.78 is 15.5. The van der Waals surface area contributed by atoms with E-state index < -0.39 is 0 Å². The number of aromatic nitrogens is 1. The van der Waals surface area contributed by atoms with Gasteiger partial charge in [-0.3, -0.25) is 0 Å². The number of rotatable bonds is 4. The van der Waals surface area contributed by atoms with Crippen molar-refractivity contribution in [3.05, 3.63) is 18.2 Å². The average molecular weight is 245 g/mol. The standard InChI is InChI=1S/C10H12N2O3.ClH/c1-13-7-2-3-9-8(6-7)10(12-15-9)14-5-4-11;/h2-3,6H,4-5,11H2,1H3;1H. The van der Waals surface area contributed by atoms with E-state index >= 15 is 0 Å². The highest BCUT2D eigenvalue weighted by atomic mass is 35.5. The van der Waals surface area contributed by atoms with Crippen LogP contribution in [0.1, 0.15) is 0 Å². The highest BCUT2D eigenvalue weighted by molar-refractivity contribution is 5.85. The summed E-state index contributed by atoms with van der Waals surface area (Å²) in [7, 11) is 1.61. The fourth-order valence-electron chi connectivity index (χ4n) is 1.28. The molecule has 0 atom stereocenters. The SMILES string of the molecule is COc1ccc2onc(OCCN)c2c1.Cl. The number of methoxy groups -OCH3 is 1. The van der Waals surface area contributed by atoms with Gasteiger partial charge in [-0.25, -0.2) is 0 Å². The minimum absolute atomic E-state index is 0. The highest BCUT2D eigenvalue weighted by Crippen LogP contribution is 2.28. The fraction of sp³-hybridized carbons (Fsp3) is 0.300. The Bertz CT molecular complexity index is 458. The van der Waals surface area contributed by atoms with E-state index in [2.05, 4.69) is 5.16 Å². The molecule has 0 spiro atoms. The Morgan fingerprint density at radius 3 is 2.94 bits per heavy atom. The third-order valence-electron chi connectivity index (χ3n) is 2.00. The molecular formula is C10H13ClN2O3. The zero-order valence-corrected chi connectivity index (χ0v) is 9.62. The summed E-state index contributed by atoms with van der Waals surface area (Å²) in [5.41, 5.74) is 6.01. The number of ether oxygens (including phenoxy) is 2. The molecule has 0 aliphatic heterocycles. The highest BCUT2D eigenvalue weighted by Gasteiger charge is 2.09. The Kier molecular flexibility index (Phi) is 4.39. The van der Waals surface area contributed by atoms with Crippen molar-refractivity contribution >= 4 is 23.4 Å². The Labute approximate surface area is 98.9 Å². The van der Waals surface area contributed by atoms with Crippen LogP contribution >= 0.6 is 12.4 Å². The molecule has 2 aromatic rings. The van der Waals surface area contributed by atoms with E-state index in [4.69, 9.17) is 19.7 Å². The first-order chi connectivity index (χ1) is 7.35. The van der Waals surface area contributed by atoms with Gasteiger partial charge in [0.05, 0.1) is 12.5 Å². The Hall–Kier alpha value is -1.46. The Morgan fingerprint density at radius 2 is 2.25 bits per heavy atom. The van der Waals surface area contributed by atoms with Gasteiger partial charge in [0.1, 0.15) is 12.4 Å². The van der Waals surface area contributed by atoms with Gasteiger partial charge in [-0.05, 0) is 23.4 Å². The van der Waals surface area contributed by atoms with Crippen molar-refractivity contribution in [2.75, 3.05) is 20.3 Å². The van der Waals surface area contributed by atoms with E-state index in [1.165, 1.54) is 0 Å². The summed E-state index contributed by atoms with van der Waals surface area (Å²) in [6.07, 6.45) is 0. The quantitative estimate of drug-likeness (QED) is 0.885. The van der Waals surface area contributed by atoms with E-state index in [-0.39, 0.29) is 12.4 Å². The van der Waals surface area contributed by atoms with Crippen LogP contribution in [0.4, 0.5) is 0 Å². The van der Waals surface area contributed by atoms with E-state index in [0.29, 0.717) is 24.6 Å². The van der Waals surface area contributed by atoms with E-state index in [0.717, 1.165) is 11.1 Å². The molecule has 2 rings (SSSR count). The van der Waals surface area contributed by atoms with Crippen molar-refractivity contribution in [1.29, 1.82) is 0 Å². The minimum Gasteiger partial charge on any atom is -0.497 e. The second kappa shape index (κ2) is 5.58. The van der Waals surface area contributed by atoms with Gasteiger partial charge in [0, 0.05) is 6.54 Å². The first-order valence-corrected chi connectivity index (χ1v) is 4.61. The summed E-state index contributed by atoms with van der Waals surface area (Å²) >= 11 is 0. The molecule has 6 heteroatoms. The Balaban J connectivity index is 0.00000128. The van der Waals surface area contributed by atoms with Crippen LogP contribution < -0.4 is 15.2 Å². The molecule has 1 aromatic heterocycles. The van der Waals surface area contributed by atoms with Crippen LogP contribution in [0.3, 0.4) is 0 Å². The maximum Gasteiger partial charge on any atom is 0.262 e. The third-order valence-corrected chi connectivity index (χ3v) is 2.00. The van der Waals surface area contributed by atoms with Gasteiger partial charge < -0.3 is 19.7 Å². The molecule has 5 nitrogen and oxygen atoms in total. The lowest BCUT2D eigenvalue weighted by Gasteiger charge is -2.00. The molecule has 0 aliphatic carbocycles. The molecule has 16 heavy (non-hydrogen) atoms. The molecule has 0 radical (unpaired) electrons. The van der Waals surface area contributed by atoms with Crippen molar-refractivity contribution in [2.24, 2.45) is 5.73 Å². The number of hydrogen-bond acceptors (Lipinski definition) is 5. The lowest BCUT2D eigenvalue weighted by Crippen LogP contribution is -2.10. The molecule has 1 aromatic carbocycles. The summed E-state index contributed by atoms with van der Waals surface area (Å²) in [6, 6.07) is 5.41. The van der Waals surface area contributed by atoms with E-state index in [1.54, 1.807) is 19.2 Å². The molecule has 0 saturated heterocycles. The van der Waals surface area contributed by atoms with Crippen LogP contribution in [0.2, 0.25) is 0 Å². The normalized spacial score (nSPS) is 9.88. The molecule has 0 aliphatic rings. The zero-order chi connectivity index (χ0) is 10.7. The number of fused-ring (bicyclic) bond motifs is 1. The van der Waals surface area contributed by atoms with Gasteiger partial charge in [-0.1, -0.05) is 0 Å². The predicted molar refractivity (Wildman–Crippen MR) is 62.4 cm³/mol. The van der Waals surface area contributed by atoms with Gasteiger partial charge in [-0.2, -0.15) is 0 Å². The number of nitrogens with two attached hydrogens (primary N) is 1. The molecule has 1 heterocycles. The summed E-state index contributed by atoms with van der Waals surface area (Å²) in [4.78, 5) is 0. The second-order valence-corrected chi connectivity index (χ2v) is 2.99.